The third kappa shape index (κ3) is 3.75. The quantitative estimate of drug-likeness (QED) is 0.674. The third-order valence-corrected chi connectivity index (χ3v) is 7.20. The highest BCUT2D eigenvalue weighted by Gasteiger charge is 2.71. The molecule has 3 aliphatic carbocycles. The van der Waals surface area contributed by atoms with Gasteiger partial charge in [-0.25, -0.2) is 9.97 Å². The number of imidazole rings is 1. The summed E-state index contributed by atoms with van der Waals surface area (Å²) < 4.78 is 49.8. The first-order valence-corrected chi connectivity index (χ1v) is 11.1. The first-order valence-electron chi connectivity index (χ1n) is 11.1. The zero-order valence-corrected chi connectivity index (χ0v) is 18.6. The van der Waals surface area contributed by atoms with Gasteiger partial charge < -0.3 is 24.9 Å². The standard InChI is InChI=1S/C22H28F3N5O3/c1-13(2)17(31)19-28-15(14-7-16(18(26)27-8-14)33-22(23,24)25)9-30(19)21-10-20(11-21,12-21)29-3-5-32-6-4-29/h7-9,13,17,31H,3-6,10-12H2,1-2H3,(H2,26,27)/t17-,20?,21?/m1/s1. The maximum atomic E-state index is 12.8. The van der Waals surface area contributed by atoms with E-state index in [-0.39, 0.29) is 22.8 Å². The molecule has 3 N–H and O–H groups in total. The van der Waals surface area contributed by atoms with Crippen LogP contribution in [0.1, 0.15) is 45.0 Å². The van der Waals surface area contributed by atoms with Crippen molar-refractivity contribution in [3.05, 3.63) is 24.3 Å². The number of anilines is 1. The summed E-state index contributed by atoms with van der Waals surface area (Å²) in [5.74, 6) is -0.485. The minimum atomic E-state index is -4.88. The number of alkyl halides is 3. The van der Waals surface area contributed by atoms with Crippen LogP contribution in [0.3, 0.4) is 0 Å². The highest BCUT2D eigenvalue weighted by Crippen LogP contribution is 2.68. The Morgan fingerprint density at radius 2 is 1.85 bits per heavy atom. The van der Waals surface area contributed by atoms with Gasteiger partial charge in [-0.05, 0) is 31.2 Å². The smallest absolute Gasteiger partial charge is 0.402 e. The molecular formula is C22H28F3N5O3. The number of halogens is 3. The Hall–Kier alpha value is -2.37. The lowest BCUT2D eigenvalue weighted by Gasteiger charge is -2.74. The molecule has 0 aromatic carbocycles. The van der Waals surface area contributed by atoms with Crippen LogP contribution >= 0.6 is 0 Å². The van der Waals surface area contributed by atoms with Crippen molar-refractivity contribution in [3.8, 4) is 17.0 Å². The van der Waals surface area contributed by atoms with Crippen LogP contribution in [0.5, 0.6) is 5.75 Å². The molecule has 8 nitrogen and oxygen atoms in total. The van der Waals surface area contributed by atoms with Crippen LogP contribution in [0.4, 0.5) is 19.0 Å². The largest absolute Gasteiger partial charge is 0.573 e. The summed E-state index contributed by atoms with van der Waals surface area (Å²) in [5, 5.41) is 10.9. The molecule has 0 unspecified atom stereocenters. The highest BCUT2D eigenvalue weighted by molar-refractivity contribution is 5.64. The van der Waals surface area contributed by atoms with Crippen molar-refractivity contribution in [1.82, 2.24) is 19.4 Å². The van der Waals surface area contributed by atoms with Gasteiger partial charge in [-0.3, -0.25) is 4.90 Å². The number of aliphatic hydroxyl groups excluding tert-OH is 1. The Balaban J connectivity index is 1.46. The number of ether oxygens (including phenoxy) is 2. The van der Waals surface area contributed by atoms with Crippen molar-refractivity contribution < 1.29 is 27.8 Å². The SMILES string of the molecule is CC(C)[C@@H](O)c1nc(-c2cnc(N)c(OC(F)(F)F)c2)cn1C12CC(N3CCOCC3)(C1)C2. The van der Waals surface area contributed by atoms with Crippen molar-refractivity contribution in [1.29, 1.82) is 0 Å². The second kappa shape index (κ2) is 7.57. The van der Waals surface area contributed by atoms with Gasteiger partial charge in [0.1, 0.15) is 11.9 Å². The number of nitrogens with two attached hydrogens (primary N) is 1. The van der Waals surface area contributed by atoms with E-state index in [9.17, 15) is 18.3 Å². The van der Waals surface area contributed by atoms with E-state index in [1.165, 1.54) is 12.3 Å². The van der Waals surface area contributed by atoms with Crippen molar-refractivity contribution in [2.24, 2.45) is 5.92 Å². The number of hydrogen-bond donors (Lipinski definition) is 2. The fraction of sp³-hybridized carbons (Fsp3) is 0.636. The van der Waals surface area contributed by atoms with E-state index in [1.807, 2.05) is 24.6 Å². The summed E-state index contributed by atoms with van der Waals surface area (Å²) in [5.41, 5.74) is 6.37. The first kappa shape index (κ1) is 22.4. The summed E-state index contributed by atoms with van der Waals surface area (Å²) in [6.07, 6.45) is 0.357. The predicted octanol–water partition coefficient (Wildman–Crippen LogP) is 3.08. The average Bonchev–Trinajstić information content (AvgIpc) is 3.12. The molecule has 33 heavy (non-hydrogen) atoms. The minimum Gasteiger partial charge on any atom is -0.402 e. The van der Waals surface area contributed by atoms with Gasteiger partial charge in [0.2, 0.25) is 0 Å². The minimum absolute atomic E-state index is 0.0757. The van der Waals surface area contributed by atoms with Crippen molar-refractivity contribution in [3.63, 3.8) is 0 Å². The van der Waals surface area contributed by atoms with E-state index >= 15 is 0 Å². The first-order chi connectivity index (χ1) is 15.5. The Morgan fingerprint density at radius 3 is 2.45 bits per heavy atom. The Kier molecular flexibility index (Phi) is 5.15. The third-order valence-electron chi connectivity index (χ3n) is 7.20. The van der Waals surface area contributed by atoms with Crippen molar-refractivity contribution >= 4 is 5.82 Å². The number of hydrogen-bond acceptors (Lipinski definition) is 7. The Bertz CT molecular complexity index is 1030. The number of nitrogens with zero attached hydrogens (tertiary/aromatic N) is 4. The highest BCUT2D eigenvalue weighted by atomic mass is 19.4. The predicted molar refractivity (Wildman–Crippen MR) is 113 cm³/mol. The maximum absolute atomic E-state index is 12.8. The number of pyridine rings is 1. The van der Waals surface area contributed by atoms with Crippen LogP contribution < -0.4 is 10.5 Å². The molecule has 3 saturated carbocycles. The van der Waals surface area contributed by atoms with Gasteiger partial charge in [0.15, 0.2) is 11.6 Å². The molecule has 2 aromatic rings. The van der Waals surface area contributed by atoms with E-state index < -0.39 is 18.2 Å². The van der Waals surface area contributed by atoms with Gasteiger partial charge in [-0.1, -0.05) is 13.8 Å². The molecule has 0 spiro atoms. The molecule has 3 heterocycles. The van der Waals surface area contributed by atoms with Gasteiger partial charge in [0, 0.05) is 36.6 Å². The molecule has 1 atom stereocenters. The van der Waals surface area contributed by atoms with E-state index in [1.54, 1.807) is 0 Å². The van der Waals surface area contributed by atoms with E-state index in [0.717, 1.165) is 45.6 Å². The monoisotopic (exact) mass is 467 g/mol. The number of morpholine rings is 1. The summed E-state index contributed by atoms with van der Waals surface area (Å²) in [7, 11) is 0. The van der Waals surface area contributed by atoms with Gasteiger partial charge in [-0.15, -0.1) is 13.2 Å². The van der Waals surface area contributed by atoms with Crippen LogP contribution in [0.15, 0.2) is 18.5 Å². The molecule has 2 bridgehead atoms. The van der Waals surface area contributed by atoms with Gasteiger partial charge in [0.25, 0.3) is 0 Å². The molecule has 11 heteroatoms. The van der Waals surface area contributed by atoms with Crippen LogP contribution in [0, 0.1) is 5.92 Å². The van der Waals surface area contributed by atoms with Crippen LogP contribution in [0.25, 0.3) is 11.3 Å². The molecule has 180 valence electrons. The van der Waals surface area contributed by atoms with Crippen LogP contribution in [0.2, 0.25) is 0 Å². The van der Waals surface area contributed by atoms with Crippen LogP contribution in [-0.4, -0.2) is 62.7 Å². The number of rotatable bonds is 6. The van der Waals surface area contributed by atoms with E-state index in [2.05, 4.69) is 19.6 Å². The molecule has 2 aromatic heterocycles. The Labute approximate surface area is 189 Å². The fourth-order valence-electron chi connectivity index (χ4n) is 5.53. The van der Waals surface area contributed by atoms with Crippen molar-refractivity contribution in [2.75, 3.05) is 32.0 Å². The molecule has 1 aliphatic heterocycles. The molecule has 1 saturated heterocycles. The normalized spacial score (nSPS) is 28.3. The number of aromatic nitrogens is 3. The molecule has 0 amide bonds. The molecule has 6 rings (SSSR count). The summed E-state index contributed by atoms with van der Waals surface area (Å²) in [4.78, 5) is 11.0. The molecule has 4 fully saturated rings. The second-order valence-electron chi connectivity index (χ2n) is 9.78. The Morgan fingerprint density at radius 1 is 1.18 bits per heavy atom. The topological polar surface area (TPSA) is 98.7 Å². The summed E-state index contributed by atoms with van der Waals surface area (Å²) in [6, 6.07) is 1.19. The lowest BCUT2D eigenvalue weighted by Crippen LogP contribution is -2.79. The van der Waals surface area contributed by atoms with Crippen molar-refractivity contribution in [2.45, 2.75) is 56.7 Å². The summed E-state index contributed by atoms with van der Waals surface area (Å²) in [6.45, 7) is 7.14. The van der Waals surface area contributed by atoms with Gasteiger partial charge in [0.05, 0.1) is 24.4 Å². The fourth-order valence-corrected chi connectivity index (χ4v) is 5.53. The average molecular weight is 467 g/mol. The molecule has 0 radical (unpaired) electrons. The van der Waals surface area contributed by atoms with Gasteiger partial charge >= 0.3 is 6.36 Å². The molecule has 4 aliphatic rings. The van der Waals surface area contributed by atoms with Gasteiger partial charge in [-0.2, -0.15) is 0 Å². The molecular weight excluding hydrogens is 439 g/mol. The summed E-state index contributed by atoms with van der Waals surface area (Å²) >= 11 is 0. The zero-order valence-electron chi connectivity index (χ0n) is 18.6. The second-order valence-corrected chi connectivity index (χ2v) is 9.78. The van der Waals surface area contributed by atoms with E-state index in [0.29, 0.717) is 17.1 Å². The maximum Gasteiger partial charge on any atom is 0.573 e. The van der Waals surface area contributed by atoms with Crippen LogP contribution in [-0.2, 0) is 10.3 Å². The zero-order chi connectivity index (χ0) is 23.6. The lowest BCUT2D eigenvalue weighted by molar-refractivity contribution is -0.274. The lowest BCUT2D eigenvalue weighted by atomic mass is 9.43. The number of aliphatic hydroxyl groups is 1. The number of nitrogen functional groups attached to an aromatic ring is 1. The van der Waals surface area contributed by atoms with E-state index in [4.69, 9.17) is 10.5 Å².